The van der Waals surface area contributed by atoms with Crippen LogP contribution >= 0.6 is 0 Å². The van der Waals surface area contributed by atoms with Crippen molar-refractivity contribution in [3.63, 3.8) is 0 Å². The number of benzene rings is 1. The second-order valence-corrected chi connectivity index (χ2v) is 10.4. The van der Waals surface area contributed by atoms with E-state index in [0.717, 1.165) is 36.2 Å². The summed E-state index contributed by atoms with van der Waals surface area (Å²) < 4.78 is 34.7. The number of ether oxygens (including phenoxy) is 1. The highest BCUT2D eigenvalue weighted by atomic mass is 19.1. The van der Waals surface area contributed by atoms with E-state index in [1.807, 2.05) is 6.07 Å². The fourth-order valence-electron chi connectivity index (χ4n) is 5.14. The number of allylic oxidation sites excluding steroid dienone is 1. The van der Waals surface area contributed by atoms with Crippen LogP contribution in [0.25, 0.3) is 6.08 Å². The minimum Gasteiger partial charge on any atom is -0.386 e. The lowest BCUT2D eigenvalue weighted by Crippen LogP contribution is -2.45. The Morgan fingerprint density at radius 1 is 1.26 bits per heavy atom. The average Bonchev–Trinajstić information content (AvgIpc) is 3.29. The van der Waals surface area contributed by atoms with E-state index in [-0.39, 0.29) is 29.3 Å². The molecule has 0 amide bonds. The molecule has 0 bridgehead atoms. The Morgan fingerprint density at radius 3 is 2.61 bits per heavy atom. The van der Waals surface area contributed by atoms with Crippen molar-refractivity contribution in [2.45, 2.75) is 57.3 Å². The van der Waals surface area contributed by atoms with Crippen LogP contribution in [0.15, 0.2) is 42.9 Å². The quantitative estimate of drug-likeness (QED) is 0.264. The first-order chi connectivity index (χ1) is 18.0. The van der Waals surface area contributed by atoms with Crippen LogP contribution in [0.5, 0.6) is 0 Å². The van der Waals surface area contributed by atoms with Crippen LogP contribution in [-0.2, 0) is 10.3 Å². The summed E-state index contributed by atoms with van der Waals surface area (Å²) in [5.41, 5.74) is 6.70. The van der Waals surface area contributed by atoms with Crippen molar-refractivity contribution < 1.29 is 18.6 Å². The van der Waals surface area contributed by atoms with Gasteiger partial charge < -0.3 is 31.3 Å². The van der Waals surface area contributed by atoms with Crippen molar-refractivity contribution in [3.05, 3.63) is 76.9 Å². The molecule has 2 heterocycles. The number of aliphatic hydroxyl groups is 1. The second-order valence-electron chi connectivity index (χ2n) is 10.4. The Bertz CT molecular complexity index is 1300. The SMILES string of the molecule is CO[C@H]1[C@H](N)C[C@H](c2ccncc2Nc2ncc(/C=C\C(=N)c3c(F)cc(C(C)(C)O)cc3F)[nH]2)C[C@@H]1C. The fraction of sp³-hybridized carbons (Fsp3) is 0.393. The first-order valence-electron chi connectivity index (χ1n) is 12.5. The Morgan fingerprint density at radius 2 is 1.97 bits per heavy atom. The van der Waals surface area contributed by atoms with Crippen LogP contribution in [0.4, 0.5) is 20.4 Å². The number of imidazole rings is 1. The van der Waals surface area contributed by atoms with Crippen LogP contribution in [0.3, 0.4) is 0 Å². The lowest BCUT2D eigenvalue weighted by atomic mass is 9.74. The standard InChI is InChI=1S/C28H34F2N6O2/c1-15-9-16(10-23(32)26(15)38-4)19-7-8-33-14-24(19)36-27-34-13-18(35-27)5-6-22(31)25-20(29)11-17(12-21(25)30)28(2,3)37/h5-8,11-16,23,26,31,37H,9-10,32H2,1-4H3,(H2,34,35,36)/b6-5-,31-22?/t15-,16+,23+,26+/m0/s1. The molecule has 202 valence electrons. The molecular weight excluding hydrogens is 490 g/mol. The van der Waals surface area contributed by atoms with Gasteiger partial charge in [-0.05, 0) is 80.0 Å². The highest BCUT2D eigenvalue weighted by Gasteiger charge is 2.35. The van der Waals surface area contributed by atoms with Gasteiger partial charge in [0.2, 0.25) is 5.95 Å². The van der Waals surface area contributed by atoms with Gasteiger partial charge in [0.1, 0.15) is 11.6 Å². The highest BCUT2D eigenvalue weighted by molar-refractivity contribution is 6.09. The van der Waals surface area contributed by atoms with Gasteiger partial charge in [0, 0.05) is 19.3 Å². The molecule has 0 aliphatic heterocycles. The van der Waals surface area contributed by atoms with Crippen LogP contribution in [-0.4, -0.2) is 45.0 Å². The van der Waals surface area contributed by atoms with Gasteiger partial charge in [-0.2, -0.15) is 0 Å². The number of anilines is 2. The van der Waals surface area contributed by atoms with E-state index in [0.29, 0.717) is 17.6 Å². The Hall–Kier alpha value is -3.47. The predicted octanol–water partition coefficient (Wildman–Crippen LogP) is 4.99. The number of nitrogens with zero attached hydrogens (tertiary/aromatic N) is 2. The molecule has 0 saturated heterocycles. The molecule has 10 heteroatoms. The van der Waals surface area contributed by atoms with Crippen LogP contribution < -0.4 is 11.1 Å². The van der Waals surface area contributed by atoms with E-state index >= 15 is 0 Å². The Balaban J connectivity index is 1.48. The zero-order valence-electron chi connectivity index (χ0n) is 21.9. The molecule has 38 heavy (non-hydrogen) atoms. The number of hydrogen-bond donors (Lipinski definition) is 5. The van der Waals surface area contributed by atoms with Crippen molar-refractivity contribution in [2.75, 3.05) is 12.4 Å². The number of aromatic nitrogens is 3. The van der Waals surface area contributed by atoms with Crippen LogP contribution in [0.2, 0.25) is 0 Å². The van der Waals surface area contributed by atoms with Crippen molar-refractivity contribution in [2.24, 2.45) is 11.7 Å². The summed E-state index contributed by atoms with van der Waals surface area (Å²) in [6, 6.07) is 4.00. The van der Waals surface area contributed by atoms with E-state index in [1.54, 1.807) is 25.7 Å². The van der Waals surface area contributed by atoms with Crippen molar-refractivity contribution >= 4 is 23.4 Å². The molecule has 8 nitrogen and oxygen atoms in total. The zero-order chi connectivity index (χ0) is 27.6. The molecule has 3 aromatic rings. The van der Waals surface area contributed by atoms with E-state index in [1.165, 1.54) is 26.0 Å². The van der Waals surface area contributed by atoms with Crippen LogP contribution in [0, 0.1) is 23.0 Å². The molecule has 0 unspecified atom stereocenters. The number of hydrogen-bond acceptors (Lipinski definition) is 7. The monoisotopic (exact) mass is 524 g/mol. The van der Waals surface area contributed by atoms with E-state index in [4.69, 9.17) is 15.9 Å². The van der Waals surface area contributed by atoms with E-state index in [9.17, 15) is 13.9 Å². The number of pyridine rings is 1. The lowest BCUT2D eigenvalue weighted by molar-refractivity contribution is 0.00984. The molecule has 1 aliphatic rings. The van der Waals surface area contributed by atoms with E-state index < -0.39 is 22.8 Å². The van der Waals surface area contributed by atoms with Gasteiger partial charge >= 0.3 is 0 Å². The normalized spacial score (nSPS) is 22.1. The van der Waals surface area contributed by atoms with E-state index in [2.05, 4.69) is 27.2 Å². The van der Waals surface area contributed by atoms with Gasteiger partial charge in [0.15, 0.2) is 0 Å². The third-order valence-corrected chi connectivity index (χ3v) is 7.06. The van der Waals surface area contributed by atoms with Crippen LogP contribution in [0.1, 0.15) is 61.9 Å². The number of aromatic amines is 1. The van der Waals surface area contributed by atoms with Gasteiger partial charge in [-0.3, -0.25) is 4.98 Å². The van der Waals surface area contributed by atoms with Gasteiger partial charge in [-0.25, -0.2) is 13.8 Å². The summed E-state index contributed by atoms with van der Waals surface area (Å²) in [7, 11) is 1.70. The maximum atomic E-state index is 14.6. The summed E-state index contributed by atoms with van der Waals surface area (Å²) in [4.78, 5) is 11.7. The van der Waals surface area contributed by atoms with Crippen molar-refractivity contribution in [1.29, 1.82) is 5.41 Å². The topological polar surface area (TPSA) is 133 Å². The number of methoxy groups -OCH3 is 1. The number of halogens is 2. The first kappa shape index (κ1) is 27.6. The van der Waals surface area contributed by atoms with Crippen molar-refractivity contribution in [1.82, 2.24) is 15.0 Å². The van der Waals surface area contributed by atoms with Gasteiger partial charge in [0.05, 0.1) is 46.8 Å². The molecule has 1 aromatic carbocycles. The molecule has 0 radical (unpaired) electrons. The van der Waals surface area contributed by atoms with Crippen molar-refractivity contribution in [3.8, 4) is 0 Å². The molecule has 4 atom stereocenters. The molecule has 6 N–H and O–H groups in total. The summed E-state index contributed by atoms with van der Waals surface area (Å²) in [6.45, 7) is 5.02. The number of H-pyrrole nitrogens is 1. The summed E-state index contributed by atoms with van der Waals surface area (Å²) in [6.07, 6.45) is 9.60. The molecule has 4 rings (SSSR count). The summed E-state index contributed by atoms with van der Waals surface area (Å²) >= 11 is 0. The molecule has 1 saturated carbocycles. The average molecular weight is 525 g/mol. The first-order valence-corrected chi connectivity index (χ1v) is 12.5. The fourth-order valence-corrected chi connectivity index (χ4v) is 5.14. The molecule has 1 aliphatic carbocycles. The number of nitrogens with one attached hydrogen (secondary N) is 3. The number of rotatable bonds is 8. The summed E-state index contributed by atoms with van der Waals surface area (Å²) in [5, 5.41) is 21.5. The molecule has 0 spiro atoms. The highest BCUT2D eigenvalue weighted by Crippen LogP contribution is 2.39. The molecule has 2 aromatic heterocycles. The Kier molecular flexibility index (Phi) is 8.05. The molecule has 1 fully saturated rings. The molecular formula is C28H34F2N6O2. The maximum absolute atomic E-state index is 14.6. The number of nitrogens with two attached hydrogens (primary N) is 1. The third-order valence-electron chi connectivity index (χ3n) is 7.06. The van der Waals surface area contributed by atoms with Gasteiger partial charge in [-0.15, -0.1) is 0 Å². The minimum atomic E-state index is -1.40. The zero-order valence-corrected chi connectivity index (χ0v) is 21.9. The Labute approximate surface area is 220 Å². The second kappa shape index (κ2) is 11.1. The van der Waals surface area contributed by atoms with Gasteiger partial charge in [0.25, 0.3) is 0 Å². The maximum Gasteiger partial charge on any atom is 0.205 e. The smallest absolute Gasteiger partial charge is 0.205 e. The third kappa shape index (κ3) is 5.98. The predicted molar refractivity (Wildman–Crippen MR) is 143 cm³/mol. The largest absolute Gasteiger partial charge is 0.386 e. The minimum absolute atomic E-state index is 0.0315. The summed E-state index contributed by atoms with van der Waals surface area (Å²) in [5.74, 6) is -0.825. The lowest BCUT2D eigenvalue weighted by Gasteiger charge is -2.38. The van der Waals surface area contributed by atoms with Gasteiger partial charge in [-0.1, -0.05) is 6.92 Å².